The second kappa shape index (κ2) is 4.74. The predicted octanol–water partition coefficient (Wildman–Crippen LogP) is 3.20. The largest absolute Gasteiger partial charge is 0.465 e. The number of nitrogens with two attached hydrogens (primary N) is 1. The Labute approximate surface area is 116 Å². The first kappa shape index (κ1) is 12.3. The topological polar surface area (TPSA) is 68.1 Å². The lowest BCUT2D eigenvalue weighted by Gasteiger charge is -2.09. The maximum atomic E-state index is 11.6. The number of rotatable bonds is 2. The average molecular weight is 266 g/mol. The molecule has 0 saturated carbocycles. The number of fused-ring (bicyclic) bond motifs is 1. The fraction of sp³-hybridized carbons (Fsp3) is 0.0625. The van der Waals surface area contributed by atoms with Crippen LogP contribution >= 0.6 is 0 Å². The lowest BCUT2D eigenvalue weighted by Crippen LogP contribution is -2.01. The van der Waals surface area contributed by atoms with Gasteiger partial charge in [-0.3, -0.25) is 0 Å². The van der Waals surface area contributed by atoms with E-state index in [0.717, 1.165) is 22.0 Å². The maximum absolute atomic E-state index is 11.6. The Bertz CT molecular complexity index is 790. The third kappa shape index (κ3) is 1.91. The van der Waals surface area contributed by atoms with Crippen LogP contribution in [-0.4, -0.2) is 18.1 Å². The van der Waals surface area contributed by atoms with Gasteiger partial charge in [0.2, 0.25) is 0 Å². The van der Waals surface area contributed by atoms with Crippen LogP contribution < -0.4 is 5.73 Å². The van der Waals surface area contributed by atoms with Gasteiger partial charge in [0.15, 0.2) is 0 Å². The van der Waals surface area contributed by atoms with Crippen molar-refractivity contribution in [1.29, 1.82) is 0 Å². The SMILES string of the molecule is COC(=O)c1cccc(-c2c(N)ccc3[nH]ccc23)c1. The molecule has 4 heteroatoms. The summed E-state index contributed by atoms with van der Waals surface area (Å²) in [6.45, 7) is 0. The molecule has 0 saturated heterocycles. The zero-order valence-corrected chi connectivity index (χ0v) is 11.0. The smallest absolute Gasteiger partial charge is 0.337 e. The summed E-state index contributed by atoms with van der Waals surface area (Å²) in [5, 5.41) is 1.03. The van der Waals surface area contributed by atoms with Gasteiger partial charge in [0, 0.05) is 28.4 Å². The van der Waals surface area contributed by atoms with E-state index in [-0.39, 0.29) is 5.97 Å². The quantitative estimate of drug-likeness (QED) is 0.553. The highest BCUT2D eigenvalue weighted by atomic mass is 16.5. The van der Waals surface area contributed by atoms with Gasteiger partial charge in [-0.25, -0.2) is 4.79 Å². The van der Waals surface area contributed by atoms with Gasteiger partial charge in [-0.15, -0.1) is 0 Å². The molecule has 0 radical (unpaired) electrons. The molecule has 0 aliphatic rings. The minimum absolute atomic E-state index is 0.355. The van der Waals surface area contributed by atoms with Crippen LogP contribution in [0.5, 0.6) is 0 Å². The van der Waals surface area contributed by atoms with Gasteiger partial charge in [-0.1, -0.05) is 12.1 Å². The van der Waals surface area contributed by atoms with Crippen LogP contribution in [0, 0.1) is 0 Å². The highest BCUT2D eigenvalue weighted by Crippen LogP contribution is 2.33. The Balaban J connectivity index is 2.23. The van der Waals surface area contributed by atoms with Crippen molar-refractivity contribution in [2.45, 2.75) is 0 Å². The second-order valence-corrected chi connectivity index (χ2v) is 4.54. The molecule has 3 aromatic rings. The molecule has 3 rings (SSSR count). The van der Waals surface area contributed by atoms with Gasteiger partial charge < -0.3 is 15.5 Å². The summed E-state index contributed by atoms with van der Waals surface area (Å²) in [5.41, 5.74) is 10.1. The van der Waals surface area contributed by atoms with Crippen LogP contribution in [-0.2, 0) is 4.74 Å². The van der Waals surface area contributed by atoms with E-state index in [1.807, 2.05) is 36.5 Å². The lowest BCUT2D eigenvalue weighted by molar-refractivity contribution is 0.0601. The molecule has 0 aliphatic carbocycles. The fourth-order valence-corrected chi connectivity index (χ4v) is 2.39. The normalized spacial score (nSPS) is 10.7. The number of nitrogen functional groups attached to an aromatic ring is 1. The number of esters is 1. The van der Waals surface area contributed by atoms with E-state index in [1.54, 1.807) is 12.1 Å². The number of benzene rings is 2. The Kier molecular flexibility index (Phi) is 2.91. The van der Waals surface area contributed by atoms with Crippen molar-refractivity contribution >= 4 is 22.6 Å². The van der Waals surface area contributed by atoms with E-state index in [2.05, 4.69) is 4.98 Å². The summed E-state index contributed by atoms with van der Waals surface area (Å²) in [4.78, 5) is 14.8. The third-order valence-electron chi connectivity index (χ3n) is 3.34. The van der Waals surface area contributed by atoms with E-state index in [1.165, 1.54) is 7.11 Å². The molecule has 0 amide bonds. The first-order valence-corrected chi connectivity index (χ1v) is 6.25. The Hall–Kier alpha value is -2.75. The van der Waals surface area contributed by atoms with Crippen LogP contribution in [0.4, 0.5) is 5.69 Å². The fourth-order valence-electron chi connectivity index (χ4n) is 2.39. The minimum atomic E-state index is -0.355. The number of methoxy groups -OCH3 is 1. The molecule has 0 spiro atoms. The summed E-state index contributed by atoms with van der Waals surface area (Å²) in [7, 11) is 1.37. The van der Waals surface area contributed by atoms with Crippen molar-refractivity contribution in [3.05, 3.63) is 54.2 Å². The molecule has 0 unspecified atom stereocenters. The molecule has 3 N–H and O–H groups in total. The number of ether oxygens (including phenoxy) is 1. The Morgan fingerprint density at radius 3 is 2.85 bits per heavy atom. The molecule has 0 aliphatic heterocycles. The number of hydrogen-bond donors (Lipinski definition) is 2. The zero-order valence-electron chi connectivity index (χ0n) is 11.0. The number of aromatic nitrogens is 1. The number of nitrogens with one attached hydrogen (secondary N) is 1. The zero-order chi connectivity index (χ0) is 14.1. The molecule has 1 heterocycles. The van der Waals surface area contributed by atoms with E-state index in [9.17, 15) is 4.79 Å². The minimum Gasteiger partial charge on any atom is -0.465 e. The van der Waals surface area contributed by atoms with E-state index in [0.29, 0.717) is 11.3 Å². The van der Waals surface area contributed by atoms with Crippen molar-refractivity contribution in [2.24, 2.45) is 0 Å². The summed E-state index contributed by atoms with van der Waals surface area (Å²) in [5.74, 6) is -0.355. The molecule has 100 valence electrons. The van der Waals surface area contributed by atoms with Gasteiger partial charge >= 0.3 is 5.97 Å². The molecular weight excluding hydrogens is 252 g/mol. The molecular formula is C16H14N2O2. The van der Waals surface area contributed by atoms with E-state index < -0.39 is 0 Å². The van der Waals surface area contributed by atoms with Crippen molar-refractivity contribution in [1.82, 2.24) is 4.98 Å². The molecule has 1 aromatic heterocycles. The molecule has 20 heavy (non-hydrogen) atoms. The summed E-state index contributed by atoms with van der Waals surface area (Å²) < 4.78 is 4.75. The molecule has 2 aromatic carbocycles. The number of carbonyl (C=O) groups is 1. The van der Waals surface area contributed by atoms with Crippen molar-refractivity contribution in [3.8, 4) is 11.1 Å². The van der Waals surface area contributed by atoms with Crippen LogP contribution in [0.15, 0.2) is 48.7 Å². The van der Waals surface area contributed by atoms with E-state index in [4.69, 9.17) is 10.5 Å². The summed E-state index contributed by atoms with van der Waals surface area (Å²) >= 11 is 0. The van der Waals surface area contributed by atoms with Crippen molar-refractivity contribution in [2.75, 3.05) is 12.8 Å². The first-order valence-electron chi connectivity index (χ1n) is 6.25. The molecule has 0 bridgehead atoms. The summed E-state index contributed by atoms with van der Waals surface area (Å²) in [6.07, 6.45) is 1.87. The van der Waals surface area contributed by atoms with Crippen molar-refractivity contribution < 1.29 is 9.53 Å². The number of aromatic amines is 1. The highest BCUT2D eigenvalue weighted by molar-refractivity contribution is 6.02. The molecule has 4 nitrogen and oxygen atoms in total. The molecule has 0 fully saturated rings. The maximum Gasteiger partial charge on any atom is 0.337 e. The Morgan fingerprint density at radius 1 is 1.20 bits per heavy atom. The first-order chi connectivity index (χ1) is 9.70. The highest BCUT2D eigenvalue weighted by Gasteiger charge is 2.11. The van der Waals surface area contributed by atoms with E-state index >= 15 is 0 Å². The number of carbonyl (C=O) groups excluding carboxylic acids is 1. The monoisotopic (exact) mass is 266 g/mol. The van der Waals surface area contributed by atoms with Gasteiger partial charge in [-0.05, 0) is 35.9 Å². The number of hydrogen-bond acceptors (Lipinski definition) is 3. The van der Waals surface area contributed by atoms with Crippen LogP contribution in [0.1, 0.15) is 10.4 Å². The average Bonchev–Trinajstić information content (AvgIpc) is 2.94. The number of H-pyrrole nitrogens is 1. The van der Waals surface area contributed by atoms with Gasteiger partial charge in [0.05, 0.1) is 12.7 Å². The second-order valence-electron chi connectivity index (χ2n) is 4.54. The third-order valence-corrected chi connectivity index (χ3v) is 3.34. The number of anilines is 1. The standard InChI is InChI=1S/C16H14N2O2/c1-20-16(19)11-4-2-3-10(9-11)15-12-7-8-18-14(12)6-5-13(15)17/h2-9,18H,17H2,1H3. The van der Waals surface area contributed by atoms with Crippen LogP contribution in [0.3, 0.4) is 0 Å². The molecule has 0 atom stereocenters. The van der Waals surface area contributed by atoms with Crippen molar-refractivity contribution in [3.63, 3.8) is 0 Å². The van der Waals surface area contributed by atoms with Gasteiger partial charge in [0.1, 0.15) is 0 Å². The van der Waals surface area contributed by atoms with Gasteiger partial charge in [-0.2, -0.15) is 0 Å². The van der Waals surface area contributed by atoms with Gasteiger partial charge in [0.25, 0.3) is 0 Å². The Morgan fingerprint density at radius 2 is 2.05 bits per heavy atom. The predicted molar refractivity (Wildman–Crippen MR) is 79.5 cm³/mol. The summed E-state index contributed by atoms with van der Waals surface area (Å²) in [6, 6.07) is 13.1. The van der Waals surface area contributed by atoms with Crippen LogP contribution in [0.2, 0.25) is 0 Å². The lowest BCUT2D eigenvalue weighted by atomic mass is 9.98. The van der Waals surface area contributed by atoms with Crippen LogP contribution in [0.25, 0.3) is 22.0 Å².